The van der Waals surface area contributed by atoms with Gasteiger partial charge < -0.3 is 4.74 Å². The van der Waals surface area contributed by atoms with Crippen LogP contribution in [0.1, 0.15) is 29.9 Å². The summed E-state index contributed by atoms with van der Waals surface area (Å²) in [6.45, 7) is 2.49. The van der Waals surface area contributed by atoms with Gasteiger partial charge in [-0.25, -0.2) is 14.4 Å². The van der Waals surface area contributed by atoms with Crippen molar-refractivity contribution in [2.45, 2.75) is 37.3 Å². The SMILES string of the molecule is CCCc1nc(SCc2csc(COc3ccc(F)cc3)n2)n[nH]1. The molecule has 0 aliphatic carbocycles. The Balaban J connectivity index is 1.48. The molecule has 0 aliphatic rings. The molecule has 2 heterocycles. The molecule has 8 heteroatoms. The van der Waals surface area contributed by atoms with Crippen molar-refractivity contribution < 1.29 is 9.13 Å². The number of ether oxygens (including phenoxy) is 1. The van der Waals surface area contributed by atoms with Crippen molar-refractivity contribution in [3.8, 4) is 5.75 Å². The summed E-state index contributed by atoms with van der Waals surface area (Å²) in [4.78, 5) is 8.96. The van der Waals surface area contributed by atoms with E-state index in [9.17, 15) is 4.39 Å². The molecule has 0 amide bonds. The average molecular weight is 364 g/mol. The number of rotatable bonds is 8. The van der Waals surface area contributed by atoms with Crippen LogP contribution in [0.3, 0.4) is 0 Å². The first-order chi connectivity index (χ1) is 11.7. The molecule has 0 saturated heterocycles. The van der Waals surface area contributed by atoms with E-state index in [-0.39, 0.29) is 5.82 Å². The topological polar surface area (TPSA) is 63.7 Å². The molecule has 126 valence electrons. The molecule has 1 aromatic carbocycles. The number of hydrogen-bond donors (Lipinski definition) is 1. The van der Waals surface area contributed by atoms with Crippen LogP contribution in [0, 0.1) is 5.82 Å². The van der Waals surface area contributed by atoms with Gasteiger partial charge in [0, 0.05) is 17.6 Å². The molecule has 0 unspecified atom stereocenters. The van der Waals surface area contributed by atoms with Crippen LogP contribution in [0.5, 0.6) is 5.75 Å². The third-order valence-corrected chi connectivity index (χ3v) is 4.87. The third kappa shape index (κ3) is 4.78. The van der Waals surface area contributed by atoms with Crippen LogP contribution in [-0.4, -0.2) is 20.2 Å². The van der Waals surface area contributed by atoms with Gasteiger partial charge in [0.05, 0.1) is 5.69 Å². The highest BCUT2D eigenvalue weighted by Crippen LogP contribution is 2.22. The van der Waals surface area contributed by atoms with E-state index in [0.717, 1.165) is 40.3 Å². The zero-order valence-corrected chi connectivity index (χ0v) is 14.8. The predicted molar refractivity (Wildman–Crippen MR) is 92.8 cm³/mol. The fourth-order valence-corrected chi connectivity index (χ4v) is 3.51. The van der Waals surface area contributed by atoms with Gasteiger partial charge >= 0.3 is 0 Å². The standard InChI is InChI=1S/C16H17FN4OS2/c1-2-3-14-19-16(21-20-14)24-10-12-9-23-15(18-12)8-22-13-6-4-11(17)5-7-13/h4-7,9H,2-3,8,10H2,1H3,(H,19,20,21). The Hall–Kier alpha value is -1.93. The summed E-state index contributed by atoms with van der Waals surface area (Å²) in [5, 5.41) is 10.8. The lowest BCUT2D eigenvalue weighted by molar-refractivity contribution is 0.305. The van der Waals surface area contributed by atoms with E-state index in [1.807, 2.05) is 5.38 Å². The number of H-pyrrole nitrogens is 1. The van der Waals surface area contributed by atoms with Crippen LogP contribution >= 0.6 is 23.1 Å². The molecule has 0 radical (unpaired) electrons. The van der Waals surface area contributed by atoms with E-state index in [4.69, 9.17) is 4.74 Å². The van der Waals surface area contributed by atoms with Crippen LogP contribution in [0.2, 0.25) is 0 Å². The summed E-state index contributed by atoms with van der Waals surface area (Å²) >= 11 is 3.11. The highest BCUT2D eigenvalue weighted by Gasteiger charge is 2.07. The highest BCUT2D eigenvalue weighted by atomic mass is 32.2. The van der Waals surface area contributed by atoms with Gasteiger partial charge in [-0.2, -0.15) is 0 Å². The molecule has 0 fully saturated rings. The van der Waals surface area contributed by atoms with Crippen molar-refractivity contribution in [3.63, 3.8) is 0 Å². The number of thioether (sulfide) groups is 1. The Morgan fingerprint density at radius 1 is 1.25 bits per heavy atom. The Morgan fingerprint density at radius 3 is 2.88 bits per heavy atom. The van der Waals surface area contributed by atoms with Crippen molar-refractivity contribution in [1.29, 1.82) is 0 Å². The molecule has 1 N–H and O–H groups in total. The zero-order valence-electron chi connectivity index (χ0n) is 13.2. The molecule has 0 bridgehead atoms. The van der Waals surface area contributed by atoms with Gasteiger partial charge in [-0.3, -0.25) is 5.10 Å². The number of nitrogens with one attached hydrogen (secondary N) is 1. The van der Waals surface area contributed by atoms with E-state index in [0.29, 0.717) is 12.4 Å². The first-order valence-electron chi connectivity index (χ1n) is 7.58. The monoisotopic (exact) mass is 364 g/mol. The largest absolute Gasteiger partial charge is 0.486 e. The van der Waals surface area contributed by atoms with Crippen LogP contribution in [0.15, 0.2) is 34.8 Å². The van der Waals surface area contributed by atoms with Crippen LogP contribution in [-0.2, 0) is 18.8 Å². The maximum Gasteiger partial charge on any atom is 0.208 e. The molecule has 2 aromatic heterocycles. The fourth-order valence-electron chi connectivity index (χ4n) is 1.99. The number of nitrogens with zero attached hydrogens (tertiary/aromatic N) is 3. The van der Waals surface area contributed by atoms with E-state index >= 15 is 0 Å². The third-order valence-electron chi connectivity index (χ3n) is 3.12. The van der Waals surface area contributed by atoms with E-state index in [1.165, 1.54) is 12.1 Å². The first-order valence-corrected chi connectivity index (χ1v) is 9.45. The summed E-state index contributed by atoms with van der Waals surface area (Å²) < 4.78 is 18.4. The smallest absolute Gasteiger partial charge is 0.208 e. The van der Waals surface area contributed by atoms with Crippen molar-refractivity contribution in [1.82, 2.24) is 20.2 Å². The molecule has 3 aromatic rings. The number of aryl methyl sites for hydroxylation is 1. The predicted octanol–water partition coefficient (Wildman–Crippen LogP) is 4.22. The maximum atomic E-state index is 12.8. The number of hydrogen-bond acceptors (Lipinski definition) is 6. The van der Waals surface area contributed by atoms with Crippen molar-refractivity contribution in [3.05, 3.63) is 52.0 Å². The second-order valence-corrected chi connectivity index (χ2v) is 6.96. The lowest BCUT2D eigenvalue weighted by Gasteiger charge is -2.03. The van der Waals surface area contributed by atoms with E-state index in [1.54, 1.807) is 35.2 Å². The molecule has 24 heavy (non-hydrogen) atoms. The number of thiazole rings is 1. The van der Waals surface area contributed by atoms with Crippen LogP contribution < -0.4 is 4.74 Å². The first kappa shape index (κ1) is 16.9. The summed E-state index contributed by atoms with van der Waals surface area (Å²) in [6, 6.07) is 5.97. The van der Waals surface area contributed by atoms with Gasteiger partial charge in [0.2, 0.25) is 5.16 Å². The second-order valence-electron chi connectivity index (χ2n) is 5.08. The summed E-state index contributed by atoms with van der Waals surface area (Å²) in [5.74, 6) is 2.00. The molecule has 3 rings (SSSR count). The van der Waals surface area contributed by atoms with Crippen LogP contribution in [0.25, 0.3) is 0 Å². The van der Waals surface area contributed by atoms with Crippen molar-refractivity contribution in [2.75, 3.05) is 0 Å². The molecule has 0 spiro atoms. The Morgan fingerprint density at radius 2 is 2.08 bits per heavy atom. The number of halogens is 1. The normalized spacial score (nSPS) is 10.9. The van der Waals surface area contributed by atoms with Gasteiger partial charge in [-0.15, -0.1) is 16.4 Å². The summed E-state index contributed by atoms with van der Waals surface area (Å²) in [5.41, 5.74) is 0.976. The van der Waals surface area contributed by atoms with Crippen molar-refractivity contribution in [2.24, 2.45) is 0 Å². The number of benzene rings is 1. The van der Waals surface area contributed by atoms with Gasteiger partial charge in [-0.05, 0) is 30.7 Å². The van der Waals surface area contributed by atoms with Crippen LogP contribution in [0.4, 0.5) is 4.39 Å². The Bertz CT molecular complexity index is 772. The average Bonchev–Trinajstić information content (AvgIpc) is 3.22. The Labute approximate surface area is 147 Å². The quantitative estimate of drug-likeness (QED) is 0.606. The minimum Gasteiger partial charge on any atom is -0.486 e. The van der Waals surface area contributed by atoms with Gasteiger partial charge in [0.1, 0.15) is 29.0 Å². The molecule has 0 aliphatic heterocycles. The molecule has 0 atom stereocenters. The lowest BCUT2D eigenvalue weighted by atomic mass is 10.3. The maximum absolute atomic E-state index is 12.8. The van der Waals surface area contributed by atoms with Gasteiger partial charge in [0.25, 0.3) is 0 Å². The zero-order chi connectivity index (χ0) is 16.8. The van der Waals surface area contributed by atoms with Crippen molar-refractivity contribution >= 4 is 23.1 Å². The minimum absolute atomic E-state index is 0.273. The number of aromatic amines is 1. The van der Waals surface area contributed by atoms with E-state index < -0.39 is 0 Å². The van der Waals surface area contributed by atoms with Gasteiger partial charge in [0.15, 0.2) is 0 Å². The minimum atomic E-state index is -0.273. The summed E-state index contributed by atoms with van der Waals surface area (Å²) in [6.07, 6.45) is 1.96. The second kappa shape index (κ2) is 8.25. The summed E-state index contributed by atoms with van der Waals surface area (Å²) in [7, 11) is 0. The fraction of sp³-hybridized carbons (Fsp3) is 0.312. The lowest BCUT2D eigenvalue weighted by Crippen LogP contribution is -1.95. The molecular formula is C16H17FN4OS2. The molecule has 5 nitrogen and oxygen atoms in total. The molecular weight excluding hydrogens is 347 g/mol. The van der Waals surface area contributed by atoms with Gasteiger partial charge in [-0.1, -0.05) is 18.7 Å². The van der Waals surface area contributed by atoms with E-state index in [2.05, 4.69) is 27.1 Å². The number of aromatic nitrogens is 4. The Kier molecular flexibility index (Phi) is 5.81. The highest BCUT2D eigenvalue weighted by molar-refractivity contribution is 7.98. The molecule has 0 saturated carbocycles.